The Bertz CT molecular complexity index is 349. The second kappa shape index (κ2) is 8.25. The van der Waals surface area contributed by atoms with E-state index in [1.165, 1.54) is 38.2 Å². The Balaban J connectivity index is 2.29. The maximum Gasteiger partial charge on any atom is 0.123 e. The summed E-state index contributed by atoms with van der Waals surface area (Å²) < 4.78 is 13.1. The molecule has 0 aliphatic heterocycles. The van der Waals surface area contributed by atoms with E-state index in [9.17, 15) is 4.39 Å². The van der Waals surface area contributed by atoms with Crippen LogP contribution in [0.15, 0.2) is 18.2 Å². The first-order valence-electron chi connectivity index (χ1n) is 7.12. The van der Waals surface area contributed by atoms with Crippen molar-refractivity contribution >= 4 is 0 Å². The van der Waals surface area contributed by atoms with Crippen molar-refractivity contribution in [2.24, 2.45) is 0 Å². The van der Waals surface area contributed by atoms with Crippen LogP contribution in [0, 0.1) is 12.7 Å². The quantitative estimate of drug-likeness (QED) is 0.667. The summed E-state index contributed by atoms with van der Waals surface area (Å²) in [6.07, 6.45) is 6.42. The summed E-state index contributed by atoms with van der Waals surface area (Å²) in [5.74, 6) is -0.145. The molecule has 1 atom stereocenters. The molecule has 1 aromatic rings. The largest absolute Gasteiger partial charge is 0.310 e. The van der Waals surface area contributed by atoms with Gasteiger partial charge in [-0.25, -0.2) is 4.39 Å². The van der Waals surface area contributed by atoms with E-state index in [-0.39, 0.29) is 5.82 Å². The summed E-state index contributed by atoms with van der Waals surface area (Å²) in [7, 11) is 0. The molecule has 0 spiro atoms. The van der Waals surface area contributed by atoms with Gasteiger partial charge >= 0.3 is 0 Å². The highest BCUT2D eigenvalue weighted by Crippen LogP contribution is 2.11. The highest BCUT2D eigenvalue weighted by molar-refractivity contribution is 5.26. The van der Waals surface area contributed by atoms with Gasteiger partial charge < -0.3 is 5.32 Å². The molecule has 1 unspecified atom stereocenters. The van der Waals surface area contributed by atoms with Crippen LogP contribution in [0.2, 0.25) is 0 Å². The zero-order chi connectivity index (χ0) is 13.4. The number of benzene rings is 1. The molecule has 0 radical (unpaired) electrons. The number of halogens is 1. The Morgan fingerprint density at radius 3 is 2.72 bits per heavy atom. The summed E-state index contributed by atoms with van der Waals surface area (Å²) in [6, 6.07) is 5.50. The van der Waals surface area contributed by atoms with E-state index >= 15 is 0 Å². The SMILES string of the molecule is CCCCCCC(C)NCc1cc(F)ccc1C. The van der Waals surface area contributed by atoms with E-state index in [4.69, 9.17) is 0 Å². The Morgan fingerprint density at radius 2 is 2.00 bits per heavy atom. The molecule has 0 saturated heterocycles. The Kier molecular flexibility index (Phi) is 6.96. The first-order valence-corrected chi connectivity index (χ1v) is 7.12. The van der Waals surface area contributed by atoms with E-state index in [1.54, 1.807) is 6.07 Å². The van der Waals surface area contributed by atoms with E-state index in [2.05, 4.69) is 19.2 Å². The summed E-state index contributed by atoms with van der Waals surface area (Å²) in [4.78, 5) is 0. The van der Waals surface area contributed by atoms with Crippen molar-refractivity contribution in [3.05, 3.63) is 35.1 Å². The molecular weight excluding hydrogens is 225 g/mol. The van der Waals surface area contributed by atoms with Crippen molar-refractivity contribution in [3.8, 4) is 0 Å². The van der Waals surface area contributed by atoms with E-state index in [0.29, 0.717) is 6.04 Å². The van der Waals surface area contributed by atoms with Crippen molar-refractivity contribution in [1.82, 2.24) is 5.32 Å². The van der Waals surface area contributed by atoms with Crippen LogP contribution in [0.1, 0.15) is 57.1 Å². The minimum absolute atomic E-state index is 0.145. The second-order valence-electron chi connectivity index (χ2n) is 5.20. The first-order chi connectivity index (χ1) is 8.63. The van der Waals surface area contributed by atoms with Gasteiger partial charge in [0, 0.05) is 12.6 Å². The van der Waals surface area contributed by atoms with Crippen LogP contribution in [0.4, 0.5) is 4.39 Å². The number of rotatable bonds is 8. The summed E-state index contributed by atoms with van der Waals surface area (Å²) in [5.41, 5.74) is 2.22. The van der Waals surface area contributed by atoms with Crippen molar-refractivity contribution in [3.63, 3.8) is 0 Å². The van der Waals surface area contributed by atoms with E-state index in [1.807, 2.05) is 13.0 Å². The molecule has 1 nitrogen and oxygen atoms in total. The molecule has 0 heterocycles. The summed E-state index contributed by atoms with van der Waals surface area (Å²) >= 11 is 0. The molecule has 1 N–H and O–H groups in total. The van der Waals surface area contributed by atoms with Gasteiger partial charge in [0.25, 0.3) is 0 Å². The Morgan fingerprint density at radius 1 is 1.22 bits per heavy atom. The van der Waals surface area contributed by atoms with Crippen molar-refractivity contribution in [2.75, 3.05) is 0 Å². The lowest BCUT2D eigenvalue weighted by molar-refractivity contribution is 0.481. The summed E-state index contributed by atoms with van der Waals surface area (Å²) in [6.45, 7) is 7.23. The van der Waals surface area contributed by atoms with Gasteiger partial charge in [0.1, 0.15) is 5.82 Å². The molecule has 102 valence electrons. The molecule has 1 rings (SSSR count). The van der Waals surface area contributed by atoms with Gasteiger partial charge in [-0.15, -0.1) is 0 Å². The predicted molar refractivity (Wildman–Crippen MR) is 76.2 cm³/mol. The Labute approximate surface area is 111 Å². The third-order valence-electron chi connectivity index (χ3n) is 3.44. The molecule has 0 fully saturated rings. The fourth-order valence-corrected chi connectivity index (χ4v) is 2.09. The summed E-state index contributed by atoms with van der Waals surface area (Å²) in [5, 5.41) is 3.48. The first kappa shape index (κ1) is 15.2. The second-order valence-corrected chi connectivity index (χ2v) is 5.20. The van der Waals surface area contributed by atoms with E-state index in [0.717, 1.165) is 17.7 Å². The minimum Gasteiger partial charge on any atom is -0.310 e. The van der Waals surface area contributed by atoms with Gasteiger partial charge in [0.05, 0.1) is 0 Å². The third-order valence-corrected chi connectivity index (χ3v) is 3.44. The number of aryl methyl sites for hydroxylation is 1. The van der Waals surface area contributed by atoms with Crippen molar-refractivity contribution < 1.29 is 4.39 Å². The monoisotopic (exact) mass is 251 g/mol. The molecule has 0 aliphatic rings. The van der Waals surface area contributed by atoms with Gasteiger partial charge in [0.15, 0.2) is 0 Å². The molecule has 1 aromatic carbocycles. The van der Waals surface area contributed by atoms with Crippen molar-refractivity contribution in [2.45, 2.75) is 65.5 Å². The fraction of sp³-hybridized carbons (Fsp3) is 0.625. The number of hydrogen-bond donors (Lipinski definition) is 1. The van der Waals surface area contributed by atoms with Gasteiger partial charge in [-0.1, -0.05) is 38.7 Å². The third kappa shape index (κ3) is 5.63. The maximum atomic E-state index is 13.1. The van der Waals surface area contributed by atoms with Crippen molar-refractivity contribution in [1.29, 1.82) is 0 Å². The molecule has 0 bridgehead atoms. The lowest BCUT2D eigenvalue weighted by atomic mass is 10.1. The number of hydrogen-bond acceptors (Lipinski definition) is 1. The normalized spacial score (nSPS) is 12.7. The molecule has 2 heteroatoms. The topological polar surface area (TPSA) is 12.0 Å². The van der Waals surface area contributed by atoms with E-state index < -0.39 is 0 Å². The zero-order valence-corrected chi connectivity index (χ0v) is 11.9. The van der Waals surface area contributed by atoms with Crippen LogP contribution in [-0.2, 0) is 6.54 Å². The van der Waals surface area contributed by atoms with Crippen LogP contribution < -0.4 is 5.32 Å². The molecular formula is C16H26FN. The smallest absolute Gasteiger partial charge is 0.123 e. The zero-order valence-electron chi connectivity index (χ0n) is 11.9. The average molecular weight is 251 g/mol. The van der Waals surface area contributed by atoms with Crippen LogP contribution in [-0.4, -0.2) is 6.04 Å². The van der Waals surface area contributed by atoms with Gasteiger partial charge in [-0.2, -0.15) is 0 Å². The number of nitrogens with one attached hydrogen (secondary N) is 1. The fourth-order valence-electron chi connectivity index (χ4n) is 2.09. The molecule has 18 heavy (non-hydrogen) atoms. The molecule has 0 aromatic heterocycles. The predicted octanol–water partition coefficient (Wildman–Crippen LogP) is 4.58. The molecule has 0 amide bonds. The highest BCUT2D eigenvalue weighted by atomic mass is 19.1. The highest BCUT2D eigenvalue weighted by Gasteiger charge is 2.04. The average Bonchev–Trinajstić information content (AvgIpc) is 2.36. The van der Waals surface area contributed by atoms with Gasteiger partial charge in [0.2, 0.25) is 0 Å². The lowest BCUT2D eigenvalue weighted by Crippen LogP contribution is -2.25. The Hall–Kier alpha value is -0.890. The van der Waals surface area contributed by atoms with Gasteiger partial charge in [-0.05, 0) is 43.5 Å². The standard InChI is InChI=1S/C16H26FN/c1-4-5-6-7-8-14(3)18-12-15-11-16(17)10-9-13(15)2/h9-11,14,18H,4-8,12H2,1-3H3. The molecule has 0 saturated carbocycles. The minimum atomic E-state index is -0.145. The van der Waals surface area contributed by atoms with Crippen LogP contribution in [0.25, 0.3) is 0 Å². The molecule has 0 aliphatic carbocycles. The van der Waals surface area contributed by atoms with Crippen LogP contribution >= 0.6 is 0 Å². The maximum absolute atomic E-state index is 13.1. The number of unbranched alkanes of at least 4 members (excludes halogenated alkanes) is 3. The van der Waals surface area contributed by atoms with Gasteiger partial charge in [-0.3, -0.25) is 0 Å². The van der Waals surface area contributed by atoms with Crippen LogP contribution in [0.3, 0.4) is 0 Å². The lowest BCUT2D eigenvalue weighted by Gasteiger charge is -2.15. The van der Waals surface area contributed by atoms with Crippen LogP contribution in [0.5, 0.6) is 0 Å².